The molecule has 0 amide bonds. The lowest BCUT2D eigenvalue weighted by Gasteiger charge is -2.11. The number of rotatable bonds is 2. The molecule has 0 fully saturated rings. The smallest absolute Gasteiger partial charge is 0.188 e. The standard InChI is InChI=1S/C14H8ClN5S/c1-21-14-9(7-16)10(8-5-3-2-4-6-8)11-12(15)18-20-19-13(11)17-14/h2-6H,1H3. The molecule has 0 N–H and O–H groups in total. The van der Waals surface area contributed by atoms with Gasteiger partial charge in [0, 0.05) is 5.56 Å². The lowest BCUT2D eigenvalue weighted by atomic mass is 9.99. The van der Waals surface area contributed by atoms with Crippen LogP contribution in [0.1, 0.15) is 5.56 Å². The number of fused-ring (bicyclic) bond motifs is 1. The van der Waals surface area contributed by atoms with Crippen molar-refractivity contribution in [3.8, 4) is 17.2 Å². The molecule has 0 saturated heterocycles. The fourth-order valence-corrected chi connectivity index (χ4v) is 2.86. The zero-order valence-electron chi connectivity index (χ0n) is 10.9. The van der Waals surface area contributed by atoms with E-state index in [1.54, 1.807) is 0 Å². The Labute approximate surface area is 130 Å². The van der Waals surface area contributed by atoms with Crippen molar-refractivity contribution >= 4 is 34.4 Å². The molecule has 0 aliphatic carbocycles. The first-order valence-corrected chi connectivity index (χ1v) is 7.58. The molecule has 0 unspecified atom stereocenters. The van der Waals surface area contributed by atoms with Crippen LogP contribution in [0.15, 0.2) is 35.4 Å². The summed E-state index contributed by atoms with van der Waals surface area (Å²) in [6.07, 6.45) is 1.86. The highest BCUT2D eigenvalue weighted by Crippen LogP contribution is 2.37. The topological polar surface area (TPSA) is 75.3 Å². The van der Waals surface area contributed by atoms with Crippen LogP contribution in [0.2, 0.25) is 5.15 Å². The van der Waals surface area contributed by atoms with Gasteiger partial charge in [0.1, 0.15) is 11.1 Å². The second-order valence-corrected chi connectivity index (χ2v) is 5.28. The fourth-order valence-electron chi connectivity index (χ4n) is 2.12. The number of pyridine rings is 1. The van der Waals surface area contributed by atoms with Gasteiger partial charge in [-0.05, 0) is 17.0 Å². The van der Waals surface area contributed by atoms with Gasteiger partial charge >= 0.3 is 0 Å². The molecule has 0 aliphatic heterocycles. The zero-order chi connectivity index (χ0) is 14.8. The van der Waals surface area contributed by atoms with E-state index in [2.05, 4.69) is 26.5 Å². The van der Waals surface area contributed by atoms with Gasteiger partial charge in [-0.1, -0.05) is 41.9 Å². The Balaban J connectivity index is 2.52. The molecule has 2 heterocycles. The Hall–Kier alpha value is -2.23. The van der Waals surface area contributed by atoms with E-state index in [-0.39, 0.29) is 5.15 Å². The van der Waals surface area contributed by atoms with Gasteiger partial charge in [-0.3, -0.25) is 0 Å². The average Bonchev–Trinajstić information content (AvgIpc) is 2.54. The second kappa shape index (κ2) is 5.64. The molecular formula is C14H8ClN5S. The molecule has 2 aromatic heterocycles. The van der Waals surface area contributed by atoms with Gasteiger partial charge in [0.2, 0.25) is 0 Å². The minimum atomic E-state index is 0.190. The van der Waals surface area contributed by atoms with Crippen LogP contribution in [-0.2, 0) is 0 Å². The summed E-state index contributed by atoms with van der Waals surface area (Å²) in [5.41, 5.74) is 2.42. The number of halogens is 1. The van der Waals surface area contributed by atoms with Gasteiger partial charge in [-0.15, -0.1) is 22.0 Å². The maximum absolute atomic E-state index is 9.54. The third kappa shape index (κ3) is 2.31. The number of nitrogens with zero attached hydrogens (tertiary/aromatic N) is 5. The van der Waals surface area contributed by atoms with Gasteiger partial charge in [-0.2, -0.15) is 5.26 Å². The predicted octanol–water partition coefficient (Wildman–Crippen LogP) is 3.33. The molecule has 7 heteroatoms. The van der Waals surface area contributed by atoms with E-state index in [1.165, 1.54) is 11.8 Å². The third-order valence-corrected chi connectivity index (χ3v) is 3.94. The molecule has 0 bridgehead atoms. The second-order valence-electron chi connectivity index (χ2n) is 4.13. The monoisotopic (exact) mass is 313 g/mol. The van der Waals surface area contributed by atoms with E-state index in [9.17, 15) is 5.26 Å². The molecular weight excluding hydrogens is 306 g/mol. The largest absolute Gasteiger partial charge is 0.218 e. The minimum Gasteiger partial charge on any atom is -0.218 e. The van der Waals surface area contributed by atoms with Gasteiger partial charge in [0.25, 0.3) is 0 Å². The number of nitriles is 1. The Bertz CT molecular complexity index is 861. The van der Waals surface area contributed by atoms with Crippen LogP contribution in [0, 0.1) is 11.3 Å². The number of benzene rings is 1. The zero-order valence-corrected chi connectivity index (χ0v) is 12.5. The van der Waals surface area contributed by atoms with Crippen molar-refractivity contribution in [3.63, 3.8) is 0 Å². The van der Waals surface area contributed by atoms with Gasteiger partial charge < -0.3 is 0 Å². The molecule has 1 aromatic carbocycles. The Morgan fingerprint density at radius 1 is 1.19 bits per heavy atom. The molecule has 21 heavy (non-hydrogen) atoms. The van der Waals surface area contributed by atoms with Crippen LogP contribution in [0.25, 0.3) is 22.2 Å². The summed E-state index contributed by atoms with van der Waals surface area (Å²) < 4.78 is 0. The predicted molar refractivity (Wildman–Crippen MR) is 82.1 cm³/mol. The van der Waals surface area contributed by atoms with E-state index in [0.29, 0.717) is 27.2 Å². The van der Waals surface area contributed by atoms with E-state index in [1.807, 2.05) is 36.6 Å². The summed E-state index contributed by atoms with van der Waals surface area (Å²) in [4.78, 5) is 4.35. The van der Waals surface area contributed by atoms with Crippen LogP contribution >= 0.6 is 23.4 Å². The van der Waals surface area contributed by atoms with Gasteiger partial charge in [0.05, 0.1) is 10.9 Å². The maximum atomic E-state index is 9.54. The van der Waals surface area contributed by atoms with Crippen molar-refractivity contribution in [1.29, 1.82) is 5.26 Å². The molecule has 3 rings (SSSR count). The molecule has 0 aliphatic rings. The molecule has 5 nitrogen and oxygen atoms in total. The molecule has 0 spiro atoms. The number of aromatic nitrogens is 4. The molecule has 3 aromatic rings. The summed E-state index contributed by atoms with van der Waals surface area (Å²) in [6, 6.07) is 11.8. The highest BCUT2D eigenvalue weighted by molar-refractivity contribution is 7.98. The number of thioether (sulfide) groups is 1. The third-order valence-electron chi connectivity index (χ3n) is 2.99. The maximum Gasteiger partial charge on any atom is 0.188 e. The summed E-state index contributed by atoms with van der Waals surface area (Å²) in [5.74, 6) is 0. The summed E-state index contributed by atoms with van der Waals surface area (Å²) in [7, 11) is 0. The van der Waals surface area contributed by atoms with E-state index in [0.717, 1.165) is 5.56 Å². The fraction of sp³-hybridized carbons (Fsp3) is 0.0714. The summed E-state index contributed by atoms with van der Waals surface area (Å²) >= 11 is 7.55. The SMILES string of the molecule is CSc1nc2nnnc(Cl)c2c(-c2ccccc2)c1C#N. The van der Waals surface area contributed by atoms with Crippen LogP contribution in [0.4, 0.5) is 0 Å². The van der Waals surface area contributed by atoms with Gasteiger partial charge in [-0.25, -0.2) is 4.98 Å². The first-order chi connectivity index (χ1) is 10.3. The van der Waals surface area contributed by atoms with Crippen LogP contribution in [-0.4, -0.2) is 26.7 Å². The number of hydrogen-bond donors (Lipinski definition) is 0. The summed E-state index contributed by atoms with van der Waals surface area (Å²) in [6.45, 7) is 0. The average molecular weight is 314 g/mol. The molecule has 0 saturated carbocycles. The van der Waals surface area contributed by atoms with E-state index < -0.39 is 0 Å². The van der Waals surface area contributed by atoms with Crippen LogP contribution in [0.3, 0.4) is 0 Å². The quantitative estimate of drug-likeness (QED) is 0.675. The van der Waals surface area contributed by atoms with E-state index in [4.69, 9.17) is 11.6 Å². The Kier molecular flexibility index (Phi) is 3.69. The highest BCUT2D eigenvalue weighted by Gasteiger charge is 2.19. The molecule has 0 radical (unpaired) electrons. The van der Waals surface area contributed by atoms with Gasteiger partial charge in [0.15, 0.2) is 10.8 Å². The van der Waals surface area contributed by atoms with Crippen molar-refractivity contribution in [2.24, 2.45) is 0 Å². The minimum absolute atomic E-state index is 0.190. The lowest BCUT2D eigenvalue weighted by Crippen LogP contribution is -2.00. The molecule has 102 valence electrons. The van der Waals surface area contributed by atoms with Crippen molar-refractivity contribution in [1.82, 2.24) is 20.4 Å². The van der Waals surface area contributed by atoms with Crippen molar-refractivity contribution in [2.45, 2.75) is 5.03 Å². The van der Waals surface area contributed by atoms with E-state index >= 15 is 0 Å². The van der Waals surface area contributed by atoms with Crippen LogP contribution < -0.4 is 0 Å². The first kappa shape index (κ1) is 13.7. The Morgan fingerprint density at radius 3 is 2.62 bits per heavy atom. The summed E-state index contributed by atoms with van der Waals surface area (Å²) in [5, 5.41) is 22.2. The normalized spacial score (nSPS) is 10.5. The molecule has 0 atom stereocenters. The highest BCUT2D eigenvalue weighted by atomic mass is 35.5. The lowest BCUT2D eigenvalue weighted by molar-refractivity contribution is 0.879. The van der Waals surface area contributed by atoms with Crippen molar-refractivity contribution < 1.29 is 0 Å². The van der Waals surface area contributed by atoms with Crippen molar-refractivity contribution in [3.05, 3.63) is 41.0 Å². The number of hydrogen-bond acceptors (Lipinski definition) is 6. The first-order valence-electron chi connectivity index (χ1n) is 5.98. The van der Waals surface area contributed by atoms with Crippen LogP contribution in [0.5, 0.6) is 0 Å². The van der Waals surface area contributed by atoms with Crippen molar-refractivity contribution in [2.75, 3.05) is 6.26 Å². The Morgan fingerprint density at radius 2 is 1.95 bits per heavy atom.